The van der Waals surface area contributed by atoms with Gasteiger partial charge < -0.3 is 4.90 Å². The third kappa shape index (κ3) is 2.75. The van der Waals surface area contributed by atoms with Crippen LogP contribution in [0.4, 0.5) is 11.4 Å². The second-order valence-electron chi connectivity index (χ2n) is 5.24. The predicted octanol–water partition coefficient (Wildman–Crippen LogP) is 3.73. The fourth-order valence-electron chi connectivity index (χ4n) is 2.77. The third-order valence-corrected chi connectivity index (χ3v) is 3.58. The molecule has 1 heterocycles. The number of piperidine rings is 1. The van der Waals surface area contributed by atoms with Gasteiger partial charge in [0.25, 0.3) is 5.69 Å². The van der Waals surface area contributed by atoms with Gasteiger partial charge in [0.05, 0.1) is 4.92 Å². The smallest absolute Gasteiger partial charge is 0.294 e. The van der Waals surface area contributed by atoms with Crippen molar-refractivity contribution in [2.45, 2.75) is 20.3 Å². The van der Waals surface area contributed by atoms with E-state index in [0.717, 1.165) is 13.1 Å². The van der Waals surface area contributed by atoms with Gasteiger partial charge in [0, 0.05) is 24.2 Å². The van der Waals surface area contributed by atoms with Crippen LogP contribution in [0.3, 0.4) is 0 Å². The summed E-state index contributed by atoms with van der Waals surface area (Å²) in [4.78, 5) is 12.8. The molecule has 0 bridgehead atoms. The summed E-state index contributed by atoms with van der Waals surface area (Å²) in [7, 11) is 0. The number of rotatable bonds is 2. The van der Waals surface area contributed by atoms with Crippen molar-refractivity contribution in [1.29, 1.82) is 0 Å². The normalized spacial score (nSPS) is 24.1. The molecule has 1 aromatic rings. The van der Waals surface area contributed by atoms with E-state index in [-0.39, 0.29) is 10.6 Å². The van der Waals surface area contributed by atoms with E-state index < -0.39 is 0 Å². The molecule has 0 radical (unpaired) electrons. The van der Waals surface area contributed by atoms with Crippen molar-refractivity contribution in [3.8, 4) is 0 Å². The van der Waals surface area contributed by atoms with Crippen LogP contribution >= 0.6 is 11.6 Å². The largest absolute Gasteiger partial charge is 0.365 e. The summed E-state index contributed by atoms with van der Waals surface area (Å²) in [5.41, 5.74) is 0.784. The van der Waals surface area contributed by atoms with E-state index in [9.17, 15) is 10.1 Å². The molecule has 1 aromatic carbocycles. The molecule has 1 aliphatic rings. The molecule has 0 N–H and O–H groups in total. The van der Waals surface area contributed by atoms with Gasteiger partial charge in [-0.25, -0.2) is 0 Å². The summed E-state index contributed by atoms with van der Waals surface area (Å²) in [6, 6.07) is 4.90. The minimum absolute atomic E-state index is 0.101. The molecule has 2 rings (SSSR count). The van der Waals surface area contributed by atoms with Crippen LogP contribution in [-0.2, 0) is 0 Å². The van der Waals surface area contributed by atoms with Gasteiger partial charge in [0.1, 0.15) is 5.69 Å². The number of hydrogen-bond acceptors (Lipinski definition) is 3. The van der Waals surface area contributed by atoms with Gasteiger partial charge in [-0.05, 0) is 30.4 Å². The molecule has 0 aliphatic carbocycles. The highest BCUT2D eigenvalue weighted by molar-refractivity contribution is 6.30. The Morgan fingerprint density at radius 1 is 1.33 bits per heavy atom. The lowest BCUT2D eigenvalue weighted by molar-refractivity contribution is -0.384. The Bertz CT molecular complexity index is 454. The van der Waals surface area contributed by atoms with Crippen LogP contribution in [0.1, 0.15) is 20.3 Å². The Morgan fingerprint density at radius 3 is 2.50 bits per heavy atom. The zero-order valence-corrected chi connectivity index (χ0v) is 11.4. The van der Waals surface area contributed by atoms with Gasteiger partial charge in [0.15, 0.2) is 0 Å². The Balaban J connectivity index is 2.35. The Morgan fingerprint density at radius 2 is 1.94 bits per heavy atom. The second-order valence-corrected chi connectivity index (χ2v) is 5.68. The molecule has 2 unspecified atom stereocenters. The van der Waals surface area contributed by atoms with Crippen LogP contribution in [0.15, 0.2) is 18.2 Å². The Hall–Kier alpha value is -1.29. The first kappa shape index (κ1) is 13.1. The maximum atomic E-state index is 11.1. The first-order valence-corrected chi connectivity index (χ1v) is 6.54. The Kier molecular flexibility index (Phi) is 3.76. The van der Waals surface area contributed by atoms with Crippen LogP contribution in [0, 0.1) is 22.0 Å². The first-order chi connectivity index (χ1) is 8.47. The number of halogens is 1. The van der Waals surface area contributed by atoms with Crippen LogP contribution in [-0.4, -0.2) is 18.0 Å². The van der Waals surface area contributed by atoms with E-state index in [4.69, 9.17) is 11.6 Å². The van der Waals surface area contributed by atoms with Gasteiger partial charge in [-0.1, -0.05) is 25.4 Å². The number of benzene rings is 1. The van der Waals surface area contributed by atoms with Gasteiger partial charge >= 0.3 is 0 Å². The van der Waals surface area contributed by atoms with Gasteiger partial charge in [0.2, 0.25) is 0 Å². The topological polar surface area (TPSA) is 46.4 Å². The van der Waals surface area contributed by atoms with Gasteiger partial charge in [-0.15, -0.1) is 0 Å². The summed E-state index contributed by atoms with van der Waals surface area (Å²) >= 11 is 5.83. The van der Waals surface area contributed by atoms with E-state index in [1.807, 2.05) is 0 Å². The number of hydrogen-bond donors (Lipinski definition) is 0. The van der Waals surface area contributed by atoms with E-state index in [2.05, 4.69) is 18.7 Å². The van der Waals surface area contributed by atoms with E-state index in [1.165, 1.54) is 12.5 Å². The zero-order valence-electron chi connectivity index (χ0n) is 10.6. The summed E-state index contributed by atoms with van der Waals surface area (Å²) in [6.45, 7) is 6.11. The highest BCUT2D eigenvalue weighted by Gasteiger charge is 2.26. The monoisotopic (exact) mass is 268 g/mol. The summed E-state index contributed by atoms with van der Waals surface area (Å²) in [5, 5.41) is 11.5. The first-order valence-electron chi connectivity index (χ1n) is 6.16. The average molecular weight is 269 g/mol. The molecule has 1 fully saturated rings. The summed E-state index contributed by atoms with van der Waals surface area (Å²) in [6.07, 6.45) is 1.18. The van der Waals surface area contributed by atoms with Crippen LogP contribution in [0.25, 0.3) is 0 Å². The molecule has 5 heteroatoms. The Labute approximate surface area is 112 Å². The van der Waals surface area contributed by atoms with Crippen molar-refractivity contribution in [1.82, 2.24) is 0 Å². The zero-order chi connectivity index (χ0) is 13.3. The maximum Gasteiger partial charge on any atom is 0.294 e. The molecule has 98 valence electrons. The second kappa shape index (κ2) is 5.14. The molecule has 0 spiro atoms. The van der Waals surface area contributed by atoms with Crippen molar-refractivity contribution < 1.29 is 4.92 Å². The molecular formula is C13H17ClN2O2. The lowest BCUT2D eigenvalue weighted by Gasteiger charge is -2.36. The molecule has 2 atom stereocenters. The van der Waals surface area contributed by atoms with Crippen molar-refractivity contribution >= 4 is 23.0 Å². The minimum atomic E-state index is -0.356. The fourth-order valence-corrected chi connectivity index (χ4v) is 2.94. The molecule has 0 aromatic heterocycles. The lowest BCUT2D eigenvalue weighted by Crippen LogP contribution is -2.39. The number of nitro groups is 1. The maximum absolute atomic E-state index is 11.1. The van der Waals surface area contributed by atoms with E-state index in [1.54, 1.807) is 12.1 Å². The van der Waals surface area contributed by atoms with E-state index in [0.29, 0.717) is 22.5 Å². The molecule has 18 heavy (non-hydrogen) atoms. The lowest BCUT2D eigenvalue weighted by atomic mass is 9.91. The number of nitrogens with zero attached hydrogens (tertiary/aromatic N) is 2. The third-order valence-electron chi connectivity index (χ3n) is 3.34. The predicted molar refractivity (Wildman–Crippen MR) is 73.3 cm³/mol. The van der Waals surface area contributed by atoms with Crippen molar-refractivity contribution in [3.63, 3.8) is 0 Å². The summed E-state index contributed by atoms with van der Waals surface area (Å²) < 4.78 is 0. The molecular weight excluding hydrogens is 252 g/mol. The van der Waals surface area contributed by atoms with Crippen LogP contribution < -0.4 is 4.90 Å². The van der Waals surface area contributed by atoms with Crippen molar-refractivity contribution in [2.24, 2.45) is 11.8 Å². The SMILES string of the molecule is CC1CC(C)CN(c2ccc(Cl)cc2[N+](=O)[O-])C1. The average Bonchev–Trinajstić information content (AvgIpc) is 2.27. The quantitative estimate of drug-likeness (QED) is 0.606. The molecule has 1 saturated heterocycles. The number of nitro benzene ring substituents is 1. The fraction of sp³-hybridized carbons (Fsp3) is 0.538. The summed E-state index contributed by atoms with van der Waals surface area (Å²) in [5.74, 6) is 1.12. The minimum Gasteiger partial charge on any atom is -0.365 e. The molecule has 0 amide bonds. The molecule has 4 nitrogen and oxygen atoms in total. The standard InChI is InChI=1S/C13H17ClN2O2/c1-9-5-10(2)8-15(7-9)12-4-3-11(14)6-13(12)16(17)18/h3-4,6,9-10H,5,7-8H2,1-2H3. The molecule has 0 saturated carbocycles. The van der Waals surface area contributed by atoms with E-state index >= 15 is 0 Å². The number of anilines is 1. The van der Waals surface area contributed by atoms with Gasteiger partial charge in [-0.2, -0.15) is 0 Å². The van der Waals surface area contributed by atoms with Crippen molar-refractivity contribution in [2.75, 3.05) is 18.0 Å². The van der Waals surface area contributed by atoms with Crippen LogP contribution in [0.5, 0.6) is 0 Å². The highest BCUT2D eigenvalue weighted by atomic mass is 35.5. The molecule has 1 aliphatic heterocycles. The van der Waals surface area contributed by atoms with Crippen molar-refractivity contribution in [3.05, 3.63) is 33.3 Å². The van der Waals surface area contributed by atoms with Crippen LogP contribution in [0.2, 0.25) is 5.02 Å². The highest BCUT2D eigenvalue weighted by Crippen LogP contribution is 2.34. The van der Waals surface area contributed by atoms with Gasteiger partial charge in [-0.3, -0.25) is 10.1 Å².